The van der Waals surface area contributed by atoms with E-state index >= 15 is 0 Å². The summed E-state index contributed by atoms with van der Waals surface area (Å²) in [6, 6.07) is 7.61. The maximum absolute atomic E-state index is 12.2. The molecule has 0 bridgehead atoms. The van der Waals surface area contributed by atoms with Crippen molar-refractivity contribution in [1.82, 2.24) is 14.8 Å². The van der Waals surface area contributed by atoms with Crippen LogP contribution in [0.15, 0.2) is 24.3 Å². The molecule has 3 aromatic rings. The van der Waals surface area contributed by atoms with Gasteiger partial charge in [0.05, 0.1) is 25.3 Å². The van der Waals surface area contributed by atoms with E-state index in [2.05, 4.69) is 29.0 Å². The van der Waals surface area contributed by atoms with Gasteiger partial charge in [-0.15, -0.1) is 21.5 Å². The molecule has 172 valence electrons. The summed E-state index contributed by atoms with van der Waals surface area (Å²) in [5.74, 6) is 6.70. The number of nitrogens with zero attached hydrogens (tertiary/aromatic N) is 3. The molecular formula is C25H29N5O2S. The van der Waals surface area contributed by atoms with Crippen molar-refractivity contribution in [2.24, 2.45) is 11.7 Å². The summed E-state index contributed by atoms with van der Waals surface area (Å²) in [4.78, 5) is 13.3. The molecule has 2 aromatic heterocycles. The van der Waals surface area contributed by atoms with Gasteiger partial charge < -0.3 is 10.5 Å². The lowest BCUT2D eigenvalue weighted by Gasteiger charge is -2.15. The molecule has 0 unspecified atom stereocenters. The third kappa shape index (κ3) is 5.05. The highest BCUT2D eigenvalue weighted by atomic mass is 32.1. The zero-order valence-electron chi connectivity index (χ0n) is 19.7. The minimum atomic E-state index is -0.301. The van der Waals surface area contributed by atoms with Gasteiger partial charge in [0.2, 0.25) is 0 Å². The molecule has 0 amide bonds. The molecule has 1 aromatic carbocycles. The van der Waals surface area contributed by atoms with Gasteiger partial charge in [-0.3, -0.25) is 14.8 Å². The van der Waals surface area contributed by atoms with Crippen LogP contribution in [-0.2, 0) is 16.0 Å². The van der Waals surface area contributed by atoms with E-state index in [0.29, 0.717) is 36.7 Å². The standard InChI is InChI=1S/C25H29N5O2S/c1-6-19(25(31)32-5)14-21-29-28-17(4)30(21)24-22(15(2)16(3)33-24)23(27)20-11-9-18(10-12-20)8-7-13-26/h9-12,19,27H,6,13-14,26H2,1-5H3/t19-/m1/s1. The van der Waals surface area contributed by atoms with Crippen molar-refractivity contribution in [3.05, 3.63) is 63.0 Å². The average molecular weight is 464 g/mol. The highest BCUT2D eigenvalue weighted by Crippen LogP contribution is 2.34. The first kappa shape index (κ1) is 24.4. The number of hydrogen-bond donors (Lipinski definition) is 2. The second-order valence-electron chi connectivity index (χ2n) is 7.75. The molecule has 8 heteroatoms. The Labute approximate surface area is 198 Å². The van der Waals surface area contributed by atoms with Crippen molar-refractivity contribution in [3.8, 4) is 16.8 Å². The first-order valence-corrected chi connectivity index (χ1v) is 11.6. The van der Waals surface area contributed by atoms with Crippen LogP contribution in [0, 0.1) is 43.9 Å². The summed E-state index contributed by atoms with van der Waals surface area (Å²) in [5, 5.41) is 18.6. The highest BCUT2D eigenvalue weighted by Gasteiger charge is 2.26. The molecule has 0 aliphatic rings. The van der Waals surface area contributed by atoms with Crippen molar-refractivity contribution in [2.45, 2.75) is 40.5 Å². The predicted molar refractivity (Wildman–Crippen MR) is 131 cm³/mol. The first-order chi connectivity index (χ1) is 15.8. The summed E-state index contributed by atoms with van der Waals surface area (Å²) >= 11 is 1.60. The topological polar surface area (TPSA) is 107 Å². The van der Waals surface area contributed by atoms with E-state index in [1.807, 2.05) is 49.6 Å². The molecule has 0 aliphatic carbocycles. The smallest absolute Gasteiger partial charge is 0.309 e. The number of aryl methyl sites for hydroxylation is 2. The van der Waals surface area contributed by atoms with Crippen LogP contribution in [-0.4, -0.2) is 40.1 Å². The normalized spacial score (nSPS) is 11.6. The Hall–Kier alpha value is -3.28. The van der Waals surface area contributed by atoms with Gasteiger partial charge in [-0.2, -0.15) is 0 Å². The van der Waals surface area contributed by atoms with Gasteiger partial charge in [-0.05, 0) is 44.9 Å². The van der Waals surface area contributed by atoms with Crippen LogP contribution in [0.1, 0.15) is 52.1 Å². The molecule has 0 radical (unpaired) electrons. The number of methoxy groups -OCH3 is 1. The molecule has 3 rings (SSSR count). The fourth-order valence-electron chi connectivity index (χ4n) is 3.66. The number of aromatic nitrogens is 3. The van der Waals surface area contributed by atoms with Crippen LogP contribution >= 0.6 is 11.3 Å². The maximum atomic E-state index is 12.2. The van der Waals surface area contributed by atoms with Crippen molar-refractivity contribution >= 4 is 23.0 Å². The molecule has 0 fully saturated rings. The number of benzene rings is 1. The number of nitrogens with two attached hydrogens (primary N) is 1. The van der Waals surface area contributed by atoms with Crippen LogP contribution in [0.5, 0.6) is 0 Å². The van der Waals surface area contributed by atoms with E-state index in [0.717, 1.165) is 32.1 Å². The van der Waals surface area contributed by atoms with Crippen molar-refractivity contribution in [1.29, 1.82) is 5.41 Å². The molecule has 0 spiro atoms. The lowest BCUT2D eigenvalue weighted by atomic mass is 9.99. The van der Waals surface area contributed by atoms with E-state index in [1.165, 1.54) is 7.11 Å². The molecule has 3 N–H and O–H groups in total. The number of carbonyl (C=O) groups excluding carboxylic acids is 1. The van der Waals surface area contributed by atoms with E-state index < -0.39 is 0 Å². The van der Waals surface area contributed by atoms with Crippen LogP contribution in [0.2, 0.25) is 0 Å². The third-order valence-electron chi connectivity index (χ3n) is 5.68. The Morgan fingerprint density at radius 3 is 2.55 bits per heavy atom. The minimum Gasteiger partial charge on any atom is -0.469 e. The Morgan fingerprint density at radius 1 is 1.24 bits per heavy atom. The van der Waals surface area contributed by atoms with Crippen molar-refractivity contribution in [3.63, 3.8) is 0 Å². The number of nitrogens with one attached hydrogen (secondary N) is 1. The second-order valence-corrected chi connectivity index (χ2v) is 8.96. The van der Waals surface area contributed by atoms with Crippen molar-refractivity contribution in [2.75, 3.05) is 13.7 Å². The molecule has 0 aliphatic heterocycles. The Morgan fingerprint density at radius 2 is 1.94 bits per heavy atom. The third-order valence-corrected chi connectivity index (χ3v) is 6.87. The SMILES string of the molecule is CC[C@H](Cc1nnc(C)n1-c1sc(C)c(C)c1C(=N)c1ccc(C#CCN)cc1)C(=O)OC. The van der Waals surface area contributed by atoms with Crippen molar-refractivity contribution < 1.29 is 9.53 Å². The van der Waals surface area contributed by atoms with Gasteiger partial charge in [0, 0.05) is 28.0 Å². The maximum Gasteiger partial charge on any atom is 0.309 e. The molecule has 1 atom stereocenters. The summed E-state index contributed by atoms with van der Waals surface area (Å²) < 4.78 is 6.93. The zero-order chi connectivity index (χ0) is 24.1. The molecular weight excluding hydrogens is 434 g/mol. The van der Waals surface area contributed by atoms with Gasteiger partial charge in [0.25, 0.3) is 0 Å². The van der Waals surface area contributed by atoms with E-state index in [4.69, 9.17) is 15.9 Å². The first-order valence-electron chi connectivity index (χ1n) is 10.8. The molecule has 2 heterocycles. The van der Waals surface area contributed by atoms with Gasteiger partial charge in [0.15, 0.2) is 0 Å². The quantitative estimate of drug-likeness (QED) is 0.315. The molecule has 0 saturated carbocycles. The number of carbonyl (C=O) groups is 1. The summed E-state index contributed by atoms with van der Waals surface area (Å²) in [7, 11) is 1.40. The second kappa shape index (κ2) is 10.6. The highest BCUT2D eigenvalue weighted by molar-refractivity contribution is 7.15. The van der Waals surface area contributed by atoms with Crippen LogP contribution in [0.4, 0.5) is 0 Å². The van der Waals surface area contributed by atoms with Crippen LogP contribution in [0.3, 0.4) is 0 Å². The van der Waals surface area contributed by atoms with Gasteiger partial charge >= 0.3 is 5.97 Å². The van der Waals surface area contributed by atoms with Gasteiger partial charge in [-0.1, -0.05) is 30.9 Å². The van der Waals surface area contributed by atoms with E-state index in [9.17, 15) is 4.79 Å². The van der Waals surface area contributed by atoms with E-state index in [-0.39, 0.29) is 11.9 Å². The number of thiophene rings is 1. The average Bonchev–Trinajstić information content (AvgIpc) is 3.33. The van der Waals surface area contributed by atoms with Gasteiger partial charge in [-0.25, -0.2) is 0 Å². The number of rotatable bonds is 7. The predicted octanol–water partition coefficient (Wildman–Crippen LogP) is 3.72. The largest absolute Gasteiger partial charge is 0.469 e. The Balaban J connectivity index is 2.06. The monoisotopic (exact) mass is 463 g/mol. The molecule has 7 nitrogen and oxygen atoms in total. The minimum absolute atomic E-state index is 0.256. The summed E-state index contributed by atoms with van der Waals surface area (Å²) in [6.45, 7) is 8.23. The lowest BCUT2D eigenvalue weighted by molar-refractivity contribution is -0.145. The molecule has 33 heavy (non-hydrogen) atoms. The Bertz CT molecular complexity index is 1230. The summed E-state index contributed by atoms with van der Waals surface area (Å²) in [6.07, 6.45) is 1.06. The summed E-state index contributed by atoms with van der Waals surface area (Å²) in [5.41, 5.74) is 9.42. The van der Waals surface area contributed by atoms with Crippen LogP contribution < -0.4 is 5.73 Å². The number of ether oxygens (including phenoxy) is 1. The number of hydrogen-bond acceptors (Lipinski definition) is 7. The Kier molecular flexibility index (Phi) is 7.79. The lowest BCUT2D eigenvalue weighted by Crippen LogP contribution is -2.20. The zero-order valence-corrected chi connectivity index (χ0v) is 20.5. The van der Waals surface area contributed by atoms with E-state index in [1.54, 1.807) is 11.3 Å². The molecule has 0 saturated heterocycles. The fraction of sp³-hybridized carbons (Fsp3) is 0.360. The number of esters is 1. The van der Waals surface area contributed by atoms with Crippen LogP contribution in [0.25, 0.3) is 5.00 Å². The van der Waals surface area contributed by atoms with Gasteiger partial charge in [0.1, 0.15) is 16.6 Å². The fourth-order valence-corrected chi connectivity index (χ4v) is 4.89.